The van der Waals surface area contributed by atoms with Gasteiger partial charge < -0.3 is 5.32 Å². The molecule has 3 nitrogen and oxygen atoms in total. The van der Waals surface area contributed by atoms with Crippen molar-refractivity contribution in [3.8, 4) is 6.07 Å². The van der Waals surface area contributed by atoms with Gasteiger partial charge in [0.25, 0.3) is 0 Å². The number of nitrogens with zero attached hydrogens (tertiary/aromatic N) is 2. The summed E-state index contributed by atoms with van der Waals surface area (Å²) in [6.45, 7) is 0. The van der Waals surface area contributed by atoms with Gasteiger partial charge in [-0.05, 0) is 47.3 Å². The van der Waals surface area contributed by atoms with Crippen LogP contribution in [0.1, 0.15) is 19.3 Å². The number of hydrogen-bond acceptors (Lipinski definition) is 3. The van der Waals surface area contributed by atoms with Crippen molar-refractivity contribution in [1.82, 2.24) is 4.98 Å². The van der Waals surface area contributed by atoms with E-state index in [1.165, 1.54) is 0 Å². The second-order valence-corrected chi connectivity index (χ2v) is 5.86. The van der Waals surface area contributed by atoms with Gasteiger partial charge >= 0.3 is 0 Å². The van der Waals surface area contributed by atoms with Crippen molar-refractivity contribution in [2.24, 2.45) is 5.92 Å². The van der Waals surface area contributed by atoms with E-state index in [-0.39, 0.29) is 12.0 Å². The van der Waals surface area contributed by atoms with E-state index in [1.807, 2.05) is 18.3 Å². The maximum atomic E-state index is 9.15. The molecule has 1 heterocycles. The van der Waals surface area contributed by atoms with Gasteiger partial charge in [0, 0.05) is 22.1 Å². The Morgan fingerprint density at radius 3 is 3.11 bits per heavy atom. The third-order valence-electron chi connectivity index (χ3n) is 3.70. The quantitative estimate of drug-likeness (QED) is 0.907. The average Bonchev–Trinajstić information content (AvgIpc) is 2.86. The molecule has 2 unspecified atom stereocenters. The highest BCUT2D eigenvalue weighted by Gasteiger charge is 2.27. The average molecular weight is 316 g/mol. The van der Waals surface area contributed by atoms with Gasteiger partial charge in [0.1, 0.15) is 0 Å². The summed E-state index contributed by atoms with van der Waals surface area (Å²) in [6, 6.07) is 10.8. The number of nitriles is 1. The molecule has 1 aliphatic rings. The number of halogens is 1. The molecule has 1 saturated carbocycles. The zero-order valence-corrected chi connectivity index (χ0v) is 12.0. The minimum atomic E-state index is 0.116. The first-order valence-electron chi connectivity index (χ1n) is 6.48. The summed E-state index contributed by atoms with van der Waals surface area (Å²) in [7, 11) is 0. The molecular weight excluding hydrogens is 302 g/mol. The molecular formula is C15H14BrN3. The number of pyridine rings is 1. The molecule has 1 aliphatic carbocycles. The van der Waals surface area contributed by atoms with Gasteiger partial charge in [0.05, 0.1) is 23.2 Å². The molecule has 2 atom stereocenters. The zero-order chi connectivity index (χ0) is 13.2. The predicted molar refractivity (Wildman–Crippen MR) is 79.8 cm³/mol. The molecule has 0 amide bonds. The number of anilines is 1. The molecule has 3 rings (SSSR count). The maximum Gasteiger partial charge on any atom is 0.0934 e. The van der Waals surface area contributed by atoms with E-state index in [0.717, 1.165) is 40.3 Å². The molecule has 96 valence electrons. The van der Waals surface area contributed by atoms with E-state index < -0.39 is 0 Å². The van der Waals surface area contributed by atoms with Crippen molar-refractivity contribution in [2.75, 3.05) is 5.32 Å². The number of para-hydroxylation sites is 1. The normalized spacial score (nSPS) is 22.3. The molecule has 0 aliphatic heterocycles. The summed E-state index contributed by atoms with van der Waals surface area (Å²) < 4.78 is 0.980. The highest BCUT2D eigenvalue weighted by molar-refractivity contribution is 9.10. The van der Waals surface area contributed by atoms with Crippen LogP contribution in [-0.2, 0) is 0 Å². The van der Waals surface area contributed by atoms with E-state index in [4.69, 9.17) is 5.26 Å². The van der Waals surface area contributed by atoms with Crippen LogP contribution in [0.5, 0.6) is 0 Å². The summed E-state index contributed by atoms with van der Waals surface area (Å²) in [5.41, 5.74) is 1.99. The SMILES string of the molecule is N#CC1CCCC1Nc1cccc2cc(Br)cnc12. The lowest BCUT2D eigenvalue weighted by Crippen LogP contribution is -2.22. The molecule has 1 fully saturated rings. The highest BCUT2D eigenvalue weighted by Crippen LogP contribution is 2.30. The van der Waals surface area contributed by atoms with E-state index in [0.29, 0.717) is 0 Å². The molecule has 19 heavy (non-hydrogen) atoms. The van der Waals surface area contributed by atoms with Crippen LogP contribution in [0.2, 0.25) is 0 Å². The standard InChI is InChI=1S/C15H14BrN3/c16-12-7-10-3-1-6-14(15(10)18-9-12)19-13-5-2-4-11(13)8-17/h1,3,6-7,9,11,13,19H,2,4-5H2. The highest BCUT2D eigenvalue weighted by atomic mass is 79.9. The predicted octanol–water partition coefficient (Wildman–Crippen LogP) is 4.10. The molecule has 4 heteroatoms. The second-order valence-electron chi connectivity index (χ2n) is 4.95. The summed E-state index contributed by atoms with van der Waals surface area (Å²) >= 11 is 3.44. The van der Waals surface area contributed by atoms with Crippen LogP contribution in [0.25, 0.3) is 10.9 Å². The van der Waals surface area contributed by atoms with E-state index in [2.05, 4.69) is 44.4 Å². The minimum absolute atomic E-state index is 0.116. The van der Waals surface area contributed by atoms with Gasteiger partial charge in [0.15, 0.2) is 0 Å². The Morgan fingerprint density at radius 1 is 1.37 bits per heavy atom. The Kier molecular flexibility index (Phi) is 3.39. The van der Waals surface area contributed by atoms with E-state index in [9.17, 15) is 0 Å². The van der Waals surface area contributed by atoms with Crippen LogP contribution >= 0.6 is 15.9 Å². The Balaban J connectivity index is 1.95. The topological polar surface area (TPSA) is 48.7 Å². The van der Waals surface area contributed by atoms with Crippen LogP contribution in [-0.4, -0.2) is 11.0 Å². The first kappa shape index (κ1) is 12.4. The van der Waals surface area contributed by atoms with Crippen molar-refractivity contribution in [2.45, 2.75) is 25.3 Å². The monoisotopic (exact) mass is 315 g/mol. The van der Waals surface area contributed by atoms with Crippen molar-refractivity contribution < 1.29 is 0 Å². The van der Waals surface area contributed by atoms with Gasteiger partial charge in [0.2, 0.25) is 0 Å². The van der Waals surface area contributed by atoms with Crippen molar-refractivity contribution in [3.05, 3.63) is 34.9 Å². The van der Waals surface area contributed by atoms with Gasteiger partial charge in [-0.15, -0.1) is 0 Å². The Morgan fingerprint density at radius 2 is 2.26 bits per heavy atom. The summed E-state index contributed by atoms with van der Waals surface area (Å²) in [5.74, 6) is 0.116. The molecule has 1 N–H and O–H groups in total. The molecule has 0 bridgehead atoms. The fourth-order valence-corrected chi connectivity index (χ4v) is 3.09. The Labute approximate surface area is 120 Å². The Hall–Kier alpha value is -1.60. The summed E-state index contributed by atoms with van der Waals surface area (Å²) in [6.07, 6.45) is 4.99. The molecule has 2 aromatic rings. The van der Waals surface area contributed by atoms with Crippen molar-refractivity contribution in [1.29, 1.82) is 5.26 Å². The lowest BCUT2D eigenvalue weighted by molar-refractivity contribution is 0.630. The Bertz CT molecular complexity index is 647. The number of nitrogens with one attached hydrogen (secondary N) is 1. The van der Waals surface area contributed by atoms with Crippen LogP contribution in [0, 0.1) is 17.2 Å². The summed E-state index contributed by atoms with van der Waals surface area (Å²) in [4.78, 5) is 4.48. The van der Waals surface area contributed by atoms with Gasteiger partial charge in [-0.3, -0.25) is 4.98 Å². The first-order valence-corrected chi connectivity index (χ1v) is 7.27. The molecule has 0 spiro atoms. The first-order chi connectivity index (χ1) is 9.28. The smallest absolute Gasteiger partial charge is 0.0934 e. The molecule has 0 radical (unpaired) electrons. The second kappa shape index (κ2) is 5.18. The number of rotatable bonds is 2. The third-order valence-corrected chi connectivity index (χ3v) is 4.13. The fraction of sp³-hybridized carbons (Fsp3) is 0.333. The summed E-state index contributed by atoms with van der Waals surface area (Å²) in [5, 5.41) is 13.8. The third kappa shape index (κ3) is 2.43. The number of benzene rings is 1. The number of hydrogen-bond donors (Lipinski definition) is 1. The zero-order valence-electron chi connectivity index (χ0n) is 10.4. The van der Waals surface area contributed by atoms with Gasteiger partial charge in [-0.1, -0.05) is 12.1 Å². The van der Waals surface area contributed by atoms with Crippen LogP contribution in [0.3, 0.4) is 0 Å². The van der Waals surface area contributed by atoms with Crippen LogP contribution < -0.4 is 5.32 Å². The lowest BCUT2D eigenvalue weighted by atomic mass is 10.1. The van der Waals surface area contributed by atoms with E-state index >= 15 is 0 Å². The van der Waals surface area contributed by atoms with Gasteiger partial charge in [-0.2, -0.15) is 5.26 Å². The van der Waals surface area contributed by atoms with Crippen molar-refractivity contribution in [3.63, 3.8) is 0 Å². The minimum Gasteiger partial charge on any atom is -0.379 e. The van der Waals surface area contributed by atoms with Crippen LogP contribution in [0.4, 0.5) is 5.69 Å². The van der Waals surface area contributed by atoms with Crippen molar-refractivity contribution >= 4 is 32.5 Å². The number of aromatic nitrogens is 1. The fourth-order valence-electron chi connectivity index (χ4n) is 2.74. The van der Waals surface area contributed by atoms with Crippen LogP contribution in [0.15, 0.2) is 34.9 Å². The van der Waals surface area contributed by atoms with E-state index in [1.54, 1.807) is 0 Å². The number of fused-ring (bicyclic) bond motifs is 1. The maximum absolute atomic E-state index is 9.15. The molecule has 1 aromatic heterocycles. The van der Waals surface area contributed by atoms with Gasteiger partial charge in [-0.25, -0.2) is 0 Å². The largest absolute Gasteiger partial charge is 0.379 e. The molecule has 0 saturated heterocycles. The lowest BCUT2D eigenvalue weighted by Gasteiger charge is -2.18. The molecule has 1 aromatic carbocycles.